The predicted molar refractivity (Wildman–Crippen MR) is 142 cm³/mol. The monoisotopic (exact) mass is 481 g/mol. The molecule has 0 bridgehead atoms. The van der Waals surface area contributed by atoms with Gasteiger partial charge in [0, 0.05) is 40.1 Å². The van der Waals surface area contributed by atoms with Gasteiger partial charge in [-0.15, -0.1) is 11.8 Å². The van der Waals surface area contributed by atoms with Crippen LogP contribution in [-0.4, -0.2) is 48.4 Å². The highest BCUT2D eigenvalue weighted by atomic mass is 32.2. The number of urea groups is 1. The van der Waals surface area contributed by atoms with Crippen LogP contribution in [-0.2, 0) is 11.2 Å². The fraction of sp³-hybridized carbons (Fsp3) is 0.385. The number of aromatic nitrogens is 1. The Kier molecular flexibility index (Phi) is 9.85. The number of thioether (sulfide) groups is 1. The third-order valence-corrected chi connectivity index (χ3v) is 6.44. The van der Waals surface area contributed by atoms with Crippen molar-refractivity contribution in [2.75, 3.05) is 24.7 Å². The zero-order chi connectivity index (χ0) is 24.3. The van der Waals surface area contributed by atoms with Gasteiger partial charge in [-0.25, -0.2) is 4.79 Å². The molecule has 3 rings (SSSR count). The number of hydrogen-bond acceptors (Lipinski definition) is 4. The fourth-order valence-electron chi connectivity index (χ4n) is 3.86. The van der Waals surface area contributed by atoms with Gasteiger partial charge in [0.2, 0.25) is 5.91 Å². The molecule has 7 nitrogen and oxygen atoms in total. The Morgan fingerprint density at radius 2 is 1.82 bits per heavy atom. The van der Waals surface area contributed by atoms with Gasteiger partial charge in [-0.05, 0) is 75.0 Å². The molecule has 3 aromatic rings. The Bertz CT molecular complexity index is 1070. The summed E-state index contributed by atoms with van der Waals surface area (Å²) in [5.41, 5.74) is 2.67. The summed E-state index contributed by atoms with van der Waals surface area (Å²) >= 11 is 1.64. The molecule has 1 aromatic heterocycles. The highest BCUT2D eigenvalue weighted by Gasteiger charge is 2.24. The molecule has 182 valence electrons. The minimum atomic E-state index is -0.708. The van der Waals surface area contributed by atoms with E-state index in [1.54, 1.807) is 11.8 Å². The van der Waals surface area contributed by atoms with Crippen molar-refractivity contribution in [3.8, 4) is 0 Å². The first-order chi connectivity index (χ1) is 16.5. The molecular formula is C26H35N5O2S. The van der Waals surface area contributed by atoms with Gasteiger partial charge in [-0.3, -0.25) is 4.79 Å². The first-order valence-corrected chi connectivity index (χ1v) is 13.0. The number of H-pyrrole nitrogens is 1. The van der Waals surface area contributed by atoms with Crippen LogP contribution >= 0.6 is 11.8 Å². The molecule has 2 unspecified atom stereocenters. The van der Waals surface area contributed by atoms with Crippen LogP contribution in [0, 0.1) is 0 Å². The van der Waals surface area contributed by atoms with Crippen molar-refractivity contribution >= 4 is 40.3 Å². The van der Waals surface area contributed by atoms with Crippen molar-refractivity contribution < 1.29 is 9.59 Å². The molecule has 34 heavy (non-hydrogen) atoms. The molecule has 1 heterocycles. The molecule has 0 aliphatic rings. The summed E-state index contributed by atoms with van der Waals surface area (Å²) in [5, 5.41) is 13.2. The Labute approximate surface area is 205 Å². The number of aromatic amines is 1. The average Bonchev–Trinajstić information content (AvgIpc) is 3.24. The Morgan fingerprint density at radius 3 is 2.56 bits per heavy atom. The normalized spacial score (nSPS) is 12.8. The molecule has 0 fully saturated rings. The fourth-order valence-corrected chi connectivity index (χ4v) is 4.26. The van der Waals surface area contributed by atoms with E-state index in [2.05, 4.69) is 33.2 Å². The lowest BCUT2D eigenvalue weighted by Crippen LogP contribution is -2.51. The summed E-state index contributed by atoms with van der Waals surface area (Å²) < 4.78 is 0. The number of para-hydroxylation sites is 1. The number of rotatable bonds is 12. The van der Waals surface area contributed by atoms with Gasteiger partial charge in [-0.1, -0.05) is 25.1 Å². The van der Waals surface area contributed by atoms with E-state index in [4.69, 9.17) is 0 Å². The lowest BCUT2D eigenvalue weighted by molar-refractivity contribution is -0.123. The van der Waals surface area contributed by atoms with E-state index in [9.17, 15) is 9.59 Å². The van der Waals surface area contributed by atoms with Crippen molar-refractivity contribution in [3.63, 3.8) is 0 Å². The number of hydrogen-bond donors (Lipinski definition) is 5. The molecule has 0 aliphatic heterocycles. The van der Waals surface area contributed by atoms with Crippen LogP contribution in [0.5, 0.6) is 0 Å². The van der Waals surface area contributed by atoms with E-state index >= 15 is 0 Å². The minimum Gasteiger partial charge on any atom is -0.361 e. The number of anilines is 1. The highest BCUT2D eigenvalue weighted by molar-refractivity contribution is 7.98. The maximum atomic E-state index is 13.2. The van der Waals surface area contributed by atoms with Crippen LogP contribution < -0.4 is 21.3 Å². The largest absolute Gasteiger partial charge is 0.361 e. The van der Waals surface area contributed by atoms with Crippen LogP contribution in [0.2, 0.25) is 0 Å². The van der Waals surface area contributed by atoms with Crippen molar-refractivity contribution in [3.05, 3.63) is 60.3 Å². The van der Waals surface area contributed by atoms with Crippen LogP contribution in [0.4, 0.5) is 10.5 Å². The summed E-state index contributed by atoms with van der Waals surface area (Å²) in [5.74, 6) is -0.186. The molecule has 0 saturated carbocycles. The second-order valence-electron chi connectivity index (χ2n) is 8.35. The molecule has 0 radical (unpaired) electrons. The van der Waals surface area contributed by atoms with Gasteiger partial charge < -0.3 is 26.3 Å². The van der Waals surface area contributed by atoms with Gasteiger partial charge in [0.05, 0.1) is 0 Å². The van der Waals surface area contributed by atoms with E-state index in [1.165, 1.54) is 0 Å². The molecule has 3 amide bonds. The number of benzene rings is 2. The second kappa shape index (κ2) is 13.1. The molecule has 0 saturated heterocycles. The molecule has 2 aromatic carbocycles. The van der Waals surface area contributed by atoms with Crippen molar-refractivity contribution in [2.45, 2.75) is 50.1 Å². The zero-order valence-corrected chi connectivity index (χ0v) is 20.9. The van der Waals surface area contributed by atoms with Crippen molar-refractivity contribution in [1.29, 1.82) is 0 Å². The highest BCUT2D eigenvalue weighted by Crippen LogP contribution is 2.20. The Hall–Kier alpha value is -2.97. The molecule has 0 aliphatic carbocycles. The van der Waals surface area contributed by atoms with Crippen molar-refractivity contribution in [2.24, 2.45) is 0 Å². The van der Waals surface area contributed by atoms with Gasteiger partial charge in [0.15, 0.2) is 0 Å². The average molecular weight is 482 g/mol. The van der Waals surface area contributed by atoms with Crippen LogP contribution in [0.15, 0.2) is 59.6 Å². The number of nitrogens with one attached hydrogen (secondary N) is 5. The first kappa shape index (κ1) is 25.6. The smallest absolute Gasteiger partial charge is 0.319 e. The molecule has 8 heteroatoms. The maximum absolute atomic E-state index is 13.2. The summed E-state index contributed by atoms with van der Waals surface area (Å²) in [4.78, 5) is 30.3. The van der Waals surface area contributed by atoms with E-state index < -0.39 is 12.1 Å². The third kappa shape index (κ3) is 7.53. The summed E-state index contributed by atoms with van der Waals surface area (Å²) in [6.45, 7) is 5.94. The molecule has 0 spiro atoms. The number of amides is 3. The summed E-state index contributed by atoms with van der Waals surface area (Å²) in [6, 6.07) is 14.5. The Balaban J connectivity index is 1.68. The predicted octanol–water partition coefficient (Wildman–Crippen LogP) is 4.52. The van der Waals surface area contributed by atoms with E-state index in [0.29, 0.717) is 12.1 Å². The summed E-state index contributed by atoms with van der Waals surface area (Å²) in [6.07, 6.45) is 6.14. The molecule has 2 atom stereocenters. The van der Waals surface area contributed by atoms with Gasteiger partial charge >= 0.3 is 6.03 Å². The minimum absolute atomic E-state index is 0.0144. The first-order valence-electron chi connectivity index (χ1n) is 11.8. The van der Waals surface area contributed by atoms with E-state index in [0.717, 1.165) is 47.3 Å². The lowest BCUT2D eigenvalue weighted by atomic mass is 10.0. The van der Waals surface area contributed by atoms with Gasteiger partial charge in [0.1, 0.15) is 6.04 Å². The van der Waals surface area contributed by atoms with Crippen LogP contribution in [0.3, 0.4) is 0 Å². The van der Waals surface area contributed by atoms with Crippen molar-refractivity contribution in [1.82, 2.24) is 20.9 Å². The molecule has 5 N–H and O–H groups in total. The summed E-state index contributed by atoms with van der Waals surface area (Å²) in [7, 11) is 0. The maximum Gasteiger partial charge on any atom is 0.319 e. The Morgan fingerprint density at radius 1 is 1.06 bits per heavy atom. The molecular weight excluding hydrogens is 446 g/mol. The van der Waals surface area contributed by atoms with Crippen LogP contribution in [0.1, 0.15) is 32.3 Å². The lowest BCUT2D eigenvalue weighted by Gasteiger charge is -2.22. The number of fused-ring (bicyclic) bond motifs is 1. The quantitative estimate of drug-likeness (QED) is 0.194. The number of carbonyl (C=O) groups is 2. The zero-order valence-electron chi connectivity index (χ0n) is 20.1. The SMILES string of the molecule is CCNCCCC(C)NC(=O)C(Cc1c[nH]c2ccccc12)NC(=O)Nc1ccc(SC)cc1. The third-order valence-electron chi connectivity index (χ3n) is 5.70. The topological polar surface area (TPSA) is 98.0 Å². The van der Waals surface area contributed by atoms with E-state index in [1.807, 2.05) is 67.9 Å². The van der Waals surface area contributed by atoms with Crippen LogP contribution in [0.25, 0.3) is 10.9 Å². The standard InChI is InChI=1S/C26H35N5O2S/c1-4-27-15-7-8-18(2)29-25(32)24(16-19-17-28-23-10-6-5-9-22(19)23)31-26(33)30-20-11-13-21(34-3)14-12-20/h5-6,9-14,17-18,24,27-28H,4,7-8,15-16H2,1-3H3,(H,29,32)(H2,30,31,33). The van der Waals surface area contributed by atoms with E-state index in [-0.39, 0.29) is 11.9 Å². The van der Waals surface area contributed by atoms with Gasteiger partial charge in [0.25, 0.3) is 0 Å². The number of carbonyl (C=O) groups excluding carboxylic acids is 2. The van der Waals surface area contributed by atoms with Gasteiger partial charge in [-0.2, -0.15) is 0 Å². The second-order valence-corrected chi connectivity index (χ2v) is 9.23.